The highest BCUT2D eigenvalue weighted by molar-refractivity contribution is 14.0. The zero-order valence-corrected chi connectivity index (χ0v) is 17.4. The molecule has 0 bridgehead atoms. The molecule has 24 heavy (non-hydrogen) atoms. The summed E-state index contributed by atoms with van der Waals surface area (Å²) in [6.45, 7) is 7.44. The van der Waals surface area contributed by atoms with E-state index in [0.717, 1.165) is 18.1 Å². The van der Waals surface area contributed by atoms with Crippen LogP contribution in [0, 0.1) is 12.8 Å². The maximum atomic E-state index is 12.0. The number of carbonyl (C=O) groups is 1. The number of aliphatic imine (C=N–C) groups is 1. The first-order chi connectivity index (χ1) is 11.0. The second kappa shape index (κ2) is 10.1. The normalized spacial score (nSPS) is 19.2. The van der Waals surface area contributed by atoms with Gasteiger partial charge in [-0.05, 0) is 43.9 Å². The molecule has 134 valence electrons. The second-order valence-electron chi connectivity index (χ2n) is 6.01. The Morgan fingerprint density at radius 2 is 2.12 bits per heavy atom. The minimum Gasteiger partial charge on any atom is -0.357 e. The predicted octanol–water partition coefficient (Wildman–Crippen LogP) is 3.56. The van der Waals surface area contributed by atoms with E-state index in [4.69, 9.17) is 11.6 Å². The van der Waals surface area contributed by atoms with Gasteiger partial charge in [0.05, 0.1) is 17.3 Å². The van der Waals surface area contributed by atoms with Crippen molar-refractivity contribution in [3.63, 3.8) is 0 Å². The third kappa shape index (κ3) is 6.84. The number of carbonyl (C=O) groups excluding carboxylic acids is 1. The highest BCUT2D eigenvalue weighted by Gasteiger charge is 2.33. The molecule has 0 aliphatic heterocycles. The van der Waals surface area contributed by atoms with Gasteiger partial charge in [-0.2, -0.15) is 0 Å². The number of aryl methyl sites for hydroxylation is 1. The lowest BCUT2D eigenvalue weighted by molar-refractivity contribution is -0.116. The third-order valence-corrected chi connectivity index (χ3v) is 4.10. The van der Waals surface area contributed by atoms with Crippen LogP contribution in [0.2, 0.25) is 5.02 Å². The molecular weight excluding hydrogens is 439 g/mol. The average Bonchev–Trinajstić information content (AvgIpc) is 3.17. The number of halogens is 2. The molecule has 0 radical (unpaired) electrons. The zero-order valence-electron chi connectivity index (χ0n) is 14.4. The van der Waals surface area contributed by atoms with Crippen molar-refractivity contribution in [2.24, 2.45) is 10.9 Å². The summed E-state index contributed by atoms with van der Waals surface area (Å²) < 4.78 is 0. The van der Waals surface area contributed by atoms with Crippen molar-refractivity contribution >= 4 is 53.1 Å². The van der Waals surface area contributed by atoms with Gasteiger partial charge in [0.2, 0.25) is 5.91 Å². The standard InChI is InChI=1S/C17H25ClN4O.HI/c1-4-19-17(22-15-10-12(15)3)20-8-7-16(23)21-14-6-5-11(2)9-13(14)18;/h5-6,9,12,15H,4,7-8,10H2,1-3H3,(H,21,23)(H2,19,20,22);1H. The van der Waals surface area contributed by atoms with Crippen LogP contribution < -0.4 is 16.0 Å². The van der Waals surface area contributed by atoms with E-state index >= 15 is 0 Å². The van der Waals surface area contributed by atoms with Crippen molar-refractivity contribution < 1.29 is 4.79 Å². The summed E-state index contributed by atoms with van der Waals surface area (Å²) in [5.74, 6) is 1.39. The Hall–Kier alpha value is -1.02. The molecule has 0 saturated heterocycles. The number of anilines is 1. The first-order valence-electron chi connectivity index (χ1n) is 8.10. The van der Waals surface area contributed by atoms with Crippen molar-refractivity contribution in [1.82, 2.24) is 10.6 Å². The Morgan fingerprint density at radius 1 is 1.42 bits per heavy atom. The van der Waals surface area contributed by atoms with Crippen LogP contribution in [0.1, 0.15) is 32.3 Å². The smallest absolute Gasteiger partial charge is 0.226 e. The summed E-state index contributed by atoms with van der Waals surface area (Å²) in [5, 5.41) is 9.94. The molecule has 0 aromatic heterocycles. The molecule has 0 heterocycles. The number of amides is 1. The van der Waals surface area contributed by atoms with E-state index in [1.165, 1.54) is 6.42 Å². The van der Waals surface area contributed by atoms with E-state index in [1.54, 1.807) is 0 Å². The lowest BCUT2D eigenvalue weighted by Gasteiger charge is -2.11. The number of benzene rings is 1. The van der Waals surface area contributed by atoms with Crippen molar-refractivity contribution in [2.75, 3.05) is 18.4 Å². The molecule has 2 rings (SSSR count). The van der Waals surface area contributed by atoms with E-state index < -0.39 is 0 Å². The van der Waals surface area contributed by atoms with Crippen molar-refractivity contribution in [2.45, 2.75) is 39.7 Å². The Morgan fingerprint density at radius 3 is 2.71 bits per heavy atom. The summed E-state index contributed by atoms with van der Waals surface area (Å²) in [7, 11) is 0. The summed E-state index contributed by atoms with van der Waals surface area (Å²) in [4.78, 5) is 16.4. The summed E-state index contributed by atoms with van der Waals surface area (Å²) >= 11 is 6.11. The number of nitrogens with zero attached hydrogens (tertiary/aromatic N) is 1. The maximum Gasteiger partial charge on any atom is 0.226 e. The monoisotopic (exact) mass is 464 g/mol. The fourth-order valence-electron chi connectivity index (χ4n) is 2.22. The van der Waals surface area contributed by atoms with E-state index in [2.05, 4.69) is 27.9 Å². The fourth-order valence-corrected chi connectivity index (χ4v) is 2.50. The van der Waals surface area contributed by atoms with Gasteiger partial charge in [0, 0.05) is 19.0 Å². The Balaban J connectivity index is 0.00000288. The lowest BCUT2D eigenvalue weighted by Crippen LogP contribution is -2.39. The van der Waals surface area contributed by atoms with Gasteiger partial charge >= 0.3 is 0 Å². The Kier molecular flexibility index (Phi) is 8.83. The molecule has 0 spiro atoms. The Bertz CT molecular complexity index is 594. The minimum absolute atomic E-state index is 0. The van der Waals surface area contributed by atoms with Crippen LogP contribution in [0.4, 0.5) is 5.69 Å². The SMILES string of the molecule is CCNC(=NCCC(=O)Nc1ccc(C)cc1Cl)NC1CC1C.I. The average molecular weight is 465 g/mol. The van der Waals surface area contributed by atoms with Gasteiger partial charge in [0.1, 0.15) is 0 Å². The van der Waals surface area contributed by atoms with Crippen LogP contribution in [0.5, 0.6) is 0 Å². The van der Waals surface area contributed by atoms with E-state index in [-0.39, 0.29) is 29.9 Å². The van der Waals surface area contributed by atoms with Crippen molar-refractivity contribution in [3.8, 4) is 0 Å². The number of nitrogens with one attached hydrogen (secondary N) is 3. The number of rotatable bonds is 6. The van der Waals surface area contributed by atoms with Crippen LogP contribution in [0.3, 0.4) is 0 Å². The molecule has 1 fully saturated rings. The molecule has 1 saturated carbocycles. The largest absolute Gasteiger partial charge is 0.357 e. The van der Waals surface area contributed by atoms with Gasteiger partial charge in [-0.3, -0.25) is 9.79 Å². The van der Waals surface area contributed by atoms with Gasteiger partial charge in [-0.1, -0.05) is 24.6 Å². The highest BCUT2D eigenvalue weighted by Crippen LogP contribution is 2.28. The van der Waals surface area contributed by atoms with E-state index in [9.17, 15) is 4.79 Å². The van der Waals surface area contributed by atoms with Gasteiger partial charge < -0.3 is 16.0 Å². The molecule has 1 aliphatic carbocycles. The van der Waals surface area contributed by atoms with Gasteiger partial charge in [-0.15, -0.1) is 24.0 Å². The number of hydrogen-bond acceptors (Lipinski definition) is 2. The van der Waals surface area contributed by atoms with Crippen LogP contribution >= 0.6 is 35.6 Å². The molecule has 3 N–H and O–H groups in total. The quantitative estimate of drug-likeness (QED) is 0.343. The molecular formula is C17H26ClIN4O. The van der Waals surface area contributed by atoms with E-state index in [1.807, 2.05) is 32.0 Å². The number of guanidine groups is 1. The first kappa shape index (κ1) is 21.0. The molecule has 5 nitrogen and oxygen atoms in total. The summed E-state index contributed by atoms with van der Waals surface area (Å²) in [5.41, 5.74) is 1.70. The molecule has 2 atom stereocenters. The zero-order chi connectivity index (χ0) is 16.8. The van der Waals surface area contributed by atoms with Crippen molar-refractivity contribution in [1.29, 1.82) is 0 Å². The van der Waals surface area contributed by atoms with Gasteiger partial charge in [-0.25, -0.2) is 0 Å². The van der Waals surface area contributed by atoms with Crippen LogP contribution in [0.15, 0.2) is 23.2 Å². The summed E-state index contributed by atoms with van der Waals surface area (Å²) in [6.07, 6.45) is 1.50. The van der Waals surface area contributed by atoms with Crippen LogP contribution in [-0.2, 0) is 4.79 Å². The topological polar surface area (TPSA) is 65.5 Å². The third-order valence-electron chi connectivity index (χ3n) is 3.78. The molecule has 7 heteroatoms. The number of hydrogen-bond donors (Lipinski definition) is 3. The minimum atomic E-state index is -0.0878. The van der Waals surface area contributed by atoms with Crippen LogP contribution in [-0.4, -0.2) is 31.0 Å². The van der Waals surface area contributed by atoms with Gasteiger partial charge in [0.25, 0.3) is 0 Å². The molecule has 1 aromatic rings. The highest BCUT2D eigenvalue weighted by atomic mass is 127. The molecule has 1 aliphatic rings. The lowest BCUT2D eigenvalue weighted by atomic mass is 10.2. The molecule has 1 aromatic carbocycles. The van der Waals surface area contributed by atoms with Gasteiger partial charge in [0.15, 0.2) is 5.96 Å². The second-order valence-corrected chi connectivity index (χ2v) is 6.41. The van der Waals surface area contributed by atoms with Crippen LogP contribution in [0.25, 0.3) is 0 Å². The molecule has 2 unspecified atom stereocenters. The van der Waals surface area contributed by atoms with E-state index in [0.29, 0.717) is 35.6 Å². The summed E-state index contributed by atoms with van der Waals surface area (Å²) in [6, 6.07) is 6.08. The Labute approximate surface area is 166 Å². The van der Waals surface area contributed by atoms with Crippen molar-refractivity contribution in [3.05, 3.63) is 28.8 Å². The predicted molar refractivity (Wildman–Crippen MR) is 112 cm³/mol. The molecule has 1 amide bonds. The maximum absolute atomic E-state index is 12.0. The first-order valence-corrected chi connectivity index (χ1v) is 8.48. The fraction of sp³-hybridized carbons (Fsp3) is 0.529.